The third-order valence-corrected chi connectivity index (χ3v) is 6.30. The topological polar surface area (TPSA) is 85.0 Å². The molecule has 0 aromatic carbocycles. The lowest BCUT2D eigenvalue weighted by Gasteiger charge is -2.33. The standard InChI is InChI=1S/C18H25N5OS/c1-9-4-17(23(3)22-9)21-18(24)16-8-13(10(2)25-16)14-7-15(14)20-12-5-11(19)6-12/h4,8,11-12,14-15,20H,5-7,19H2,1-3H3,(H,21,24). The molecule has 6 nitrogen and oxygen atoms in total. The Morgan fingerprint density at radius 3 is 2.72 bits per heavy atom. The van der Waals surface area contributed by atoms with E-state index in [9.17, 15) is 4.79 Å². The molecular formula is C18H25N5OS. The molecule has 4 N–H and O–H groups in total. The zero-order valence-corrected chi connectivity index (χ0v) is 15.7. The van der Waals surface area contributed by atoms with Crippen LogP contribution in [0.2, 0.25) is 0 Å². The van der Waals surface area contributed by atoms with Gasteiger partial charge in [0.1, 0.15) is 5.82 Å². The summed E-state index contributed by atoms with van der Waals surface area (Å²) in [7, 11) is 1.83. The predicted molar refractivity (Wildman–Crippen MR) is 100 cm³/mol. The molecule has 2 heterocycles. The number of nitrogens with zero attached hydrogens (tertiary/aromatic N) is 2. The van der Waals surface area contributed by atoms with E-state index in [1.54, 1.807) is 16.0 Å². The van der Waals surface area contributed by atoms with Crippen molar-refractivity contribution in [2.24, 2.45) is 12.8 Å². The zero-order chi connectivity index (χ0) is 17.7. The van der Waals surface area contributed by atoms with Gasteiger partial charge in [0.25, 0.3) is 5.91 Å². The van der Waals surface area contributed by atoms with Crippen LogP contribution in [-0.2, 0) is 7.05 Å². The molecule has 7 heteroatoms. The molecule has 2 atom stereocenters. The highest BCUT2D eigenvalue weighted by atomic mass is 32.1. The Kier molecular flexibility index (Phi) is 4.17. The Bertz CT molecular complexity index is 804. The van der Waals surface area contributed by atoms with Crippen LogP contribution in [0.5, 0.6) is 0 Å². The van der Waals surface area contributed by atoms with E-state index in [2.05, 4.69) is 28.7 Å². The van der Waals surface area contributed by atoms with E-state index < -0.39 is 0 Å². The Hall–Kier alpha value is -1.70. The van der Waals surface area contributed by atoms with E-state index in [-0.39, 0.29) is 5.91 Å². The highest BCUT2D eigenvalue weighted by Gasteiger charge is 2.42. The highest BCUT2D eigenvalue weighted by Crippen LogP contribution is 2.45. The van der Waals surface area contributed by atoms with Crippen molar-refractivity contribution in [1.82, 2.24) is 15.1 Å². The van der Waals surface area contributed by atoms with E-state index in [0.29, 0.717) is 24.0 Å². The Labute approximate surface area is 151 Å². The minimum absolute atomic E-state index is 0.0579. The number of carbonyl (C=O) groups excluding carboxylic acids is 1. The molecule has 25 heavy (non-hydrogen) atoms. The normalized spacial score (nSPS) is 27.8. The third-order valence-electron chi connectivity index (χ3n) is 5.24. The van der Waals surface area contributed by atoms with Crippen molar-refractivity contribution in [2.45, 2.75) is 57.2 Å². The summed E-state index contributed by atoms with van der Waals surface area (Å²) in [6, 6.07) is 5.45. The van der Waals surface area contributed by atoms with Gasteiger partial charge in [0.05, 0.1) is 10.6 Å². The molecule has 2 fully saturated rings. The molecule has 0 bridgehead atoms. The van der Waals surface area contributed by atoms with Crippen molar-refractivity contribution < 1.29 is 4.79 Å². The predicted octanol–water partition coefficient (Wildman–Crippen LogP) is 2.29. The van der Waals surface area contributed by atoms with E-state index in [0.717, 1.165) is 35.7 Å². The number of aryl methyl sites for hydroxylation is 3. The fraction of sp³-hybridized carbons (Fsp3) is 0.556. The summed E-state index contributed by atoms with van der Waals surface area (Å²) >= 11 is 1.57. The summed E-state index contributed by atoms with van der Waals surface area (Å²) in [6.07, 6.45) is 3.33. The number of anilines is 1. The van der Waals surface area contributed by atoms with Gasteiger partial charge in [-0.2, -0.15) is 5.10 Å². The van der Waals surface area contributed by atoms with Gasteiger partial charge in [-0.1, -0.05) is 0 Å². The first-order chi connectivity index (χ1) is 11.9. The van der Waals surface area contributed by atoms with E-state index in [1.807, 2.05) is 20.0 Å². The van der Waals surface area contributed by atoms with E-state index in [1.165, 1.54) is 10.4 Å². The quantitative estimate of drug-likeness (QED) is 0.765. The number of rotatable bonds is 5. The van der Waals surface area contributed by atoms with Crippen LogP contribution in [0.15, 0.2) is 12.1 Å². The molecule has 2 saturated carbocycles. The Morgan fingerprint density at radius 2 is 2.08 bits per heavy atom. The average Bonchev–Trinajstić information content (AvgIpc) is 3.04. The molecular weight excluding hydrogens is 334 g/mol. The van der Waals surface area contributed by atoms with Crippen LogP contribution in [0.3, 0.4) is 0 Å². The van der Waals surface area contributed by atoms with Crippen LogP contribution in [0.1, 0.15) is 51.0 Å². The first-order valence-electron chi connectivity index (χ1n) is 8.84. The summed E-state index contributed by atoms with van der Waals surface area (Å²) in [4.78, 5) is 14.6. The lowest BCUT2D eigenvalue weighted by molar-refractivity contribution is 0.102. The second-order valence-electron chi connectivity index (χ2n) is 7.41. The number of hydrogen-bond acceptors (Lipinski definition) is 5. The van der Waals surface area contributed by atoms with Gasteiger partial charge in [-0.25, -0.2) is 0 Å². The summed E-state index contributed by atoms with van der Waals surface area (Å²) in [5.74, 6) is 1.20. The van der Waals surface area contributed by atoms with Crippen LogP contribution in [0, 0.1) is 13.8 Å². The number of hydrogen-bond donors (Lipinski definition) is 3. The molecule has 2 unspecified atom stereocenters. The molecule has 1 amide bonds. The highest BCUT2D eigenvalue weighted by molar-refractivity contribution is 7.14. The first kappa shape index (κ1) is 16.8. The molecule has 0 saturated heterocycles. The number of nitrogens with two attached hydrogens (primary N) is 1. The Morgan fingerprint density at radius 1 is 1.32 bits per heavy atom. The van der Waals surface area contributed by atoms with Crippen molar-refractivity contribution in [3.05, 3.63) is 33.1 Å². The second kappa shape index (κ2) is 6.23. The van der Waals surface area contributed by atoms with Gasteiger partial charge in [0, 0.05) is 42.0 Å². The molecule has 2 aliphatic carbocycles. The molecule has 134 valence electrons. The largest absolute Gasteiger partial charge is 0.328 e. The summed E-state index contributed by atoms with van der Waals surface area (Å²) < 4.78 is 1.69. The maximum atomic E-state index is 12.6. The number of thiophene rings is 1. The first-order valence-corrected chi connectivity index (χ1v) is 9.66. The summed E-state index contributed by atoms with van der Waals surface area (Å²) in [5.41, 5.74) is 8.07. The van der Waals surface area contributed by atoms with Gasteiger partial charge in [-0.05, 0) is 44.7 Å². The van der Waals surface area contributed by atoms with E-state index >= 15 is 0 Å². The van der Waals surface area contributed by atoms with Crippen LogP contribution in [-0.4, -0.2) is 33.8 Å². The molecule has 2 aliphatic rings. The molecule has 4 rings (SSSR count). The average molecular weight is 359 g/mol. The van der Waals surface area contributed by atoms with Crippen LogP contribution >= 0.6 is 11.3 Å². The summed E-state index contributed by atoms with van der Waals surface area (Å²) in [5, 5.41) is 10.9. The Balaban J connectivity index is 1.40. The summed E-state index contributed by atoms with van der Waals surface area (Å²) in [6.45, 7) is 4.03. The molecule has 2 aromatic rings. The van der Waals surface area contributed by atoms with Crippen LogP contribution < -0.4 is 16.4 Å². The van der Waals surface area contributed by atoms with Crippen molar-refractivity contribution in [3.63, 3.8) is 0 Å². The van der Waals surface area contributed by atoms with Crippen molar-refractivity contribution in [2.75, 3.05) is 5.32 Å². The number of nitrogens with one attached hydrogen (secondary N) is 2. The van der Waals surface area contributed by atoms with Crippen molar-refractivity contribution >= 4 is 23.1 Å². The monoisotopic (exact) mass is 359 g/mol. The van der Waals surface area contributed by atoms with Gasteiger partial charge < -0.3 is 16.4 Å². The van der Waals surface area contributed by atoms with Gasteiger partial charge in [-0.3, -0.25) is 9.48 Å². The van der Waals surface area contributed by atoms with Crippen LogP contribution in [0.4, 0.5) is 5.82 Å². The van der Waals surface area contributed by atoms with Gasteiger partial charge in [0.2, 0.25) is 0 Å². The molecule has 0 spiro atoms. The number of aromatic nitrogens is 2. The van der Waals surface area contributed by atoms with Crippen LogP contribution in [0.25, 0.3) is 0 Å². The van der Waals surface area contributed by atoms with Crippen molar-refractivity contribution in [1.29, 1.82) is 0 Å². The fourth-order valence-corrected chi connectivity index (χ4v) is 4.69. The van der Waals surface area contributed by atoms with Crippen molar-refractivity contribution in [3.8, 4) is 0 Å². The minimum Gasteiger partial charge on any atom is -0.328 e. The molecule has 0 aliphatic heterocycles. The second-order valence-corrected chi connectivity index (χ2v) is 8.67. The lowest BCUT2D eigenvalue weighted by Crippen LogP contribution is -2.49. The number of amides is 1. The number of carbonyl (C=O) groups is 1. The molecule has 0 radical (unpaired) electrons. The maximum absolute atomic E-state index is 12.6. The lowest BCUT2D eigenvalue weighted by atomic mass is 9.87. The molecule has 2 aromatic heterocycles. The van der Waals surface area contributed by atoms with Gasteiger partial charge in [-0.15, -0.1) is 11.3 Å². The maximum Gasteiger partial charge on any atom is 0.266 e. The SMILES string of the molecule is Cc1cc(NC(=O)c2cc(C3CC3NC3CC(N)C3)c(C)s2)n(C)n1. The minimum atomic E-state index is -0.0579. The zero-order valence-electron chi connectivity index (χ0n) is 14.9. The van der Waals surface area contributed by atoms with Gasteiger partial charge >= 0.3 is 0 Å². The smallest absolute Gasteiger partial charge is 0.266 e. The van der Waals surface area contributed by atoms with Gasteiger partial charge in [0.15, 0.2) is 0 Å². The fourth-order valence-electron chi connectivity index (χ4n) is 3.71. The third kappa shape index (κ3) is 3.36. The van der Waals surface area contributed by atoms with E-state index in [4.69, 9.17) is 5.73 Å².